The first-order valence-corrected chi connectivity index (χ1v) is 8.31. The van der Waals surface area contributed by atoms with Crippen molar-refractivity contribution in [2.24, 2.45) is 28.6 Å². The van der Waals surface area contributed by atoms with Crippen molar-refractivity contribution < 1.29 is 0 Å². The Kier molecular flexibility index (Phi) is 2.31. The molecule has 0 bridgehead atoms. The summed E-state index contributed by atoms with van der Waals surface area (Å²) in [6.45, 7) is 10.5. The third-order valence-corrected chi connectivity index (χ3v) is 7.08. The summed E-state index contributed by atoms with van der Waals surface area (Å²) >= 11 is 0. The Hall–Kier alpha value is -0.0400. The predicted molar refractivity (Wildman–Crippen MR) is 75.4 cm³/mol. The Balaban J connectivity index is 1.63. The highest BCUT2D eigenvalue weighted by atomic mass is 15.2. The van der Waals surface area contributed by atoms with Crippen molar-refractivity contribution in [3.63, 3.8) is 0 Å². The molecule has 1 spiro atoms. The number of piperidine rings is 1. The van der Waals surface area contributed by atoms with Gasteiger partial charge in [-0.25, -0.2) is 0 Å². The third kappa shape index (κ3) is 1.27. The largest absolute Gasteiger partial charge is 0.299 e. The third-order valence-electron chi connectivity index (χ3n) is 7.08. The standard InChI is InChI=1S/C17H29N/c1-12-11-16(2,3)14-15(17(14)8-7-13(12)17)18-9-5-4-6-10-18/h12-15H,4-11H2,1-3H3. The van der Waals surface area contributed by atoms with Gasteiger partial charge in [-0.15, -0.1) is 0 Å². The second-order valence-electron chi connectivity index (χ2n) is 8.45. The van der Waals surface area contributed by atoms with E-state index in [0.29, 0.717) is 5.41 Å². The highest BCUT2D eigenvalue weighted by Gasteiger charge is 2.79. The Bertz CT molecular complexity index is 355. The van der Waals surface area contributed by atoms with Gasteiger partial charge in [0.25, 0.3) is 0 Å². The summed E-state index contributed by atoms with van der Waals surface area (Å²) < 4.78 is 0. The van der Waals surface area contributed by atoms with Crippen molar-refractivity contribution in [1.82, 2.24) is 4.90 Å². The molecular formula is C17H29N. The molecule has 0 radical (unpaired) electrons. The van der Waals surface area contributed by atoms with Crippen molar-refractivity contribution in [2.75, 3.05) is 13.1 Å². The number of likely N-dealkylation sites (tertiary alicyclic amines) is 1. The van der Waals surface area contributed by atoms with Gasteiger partial charge in [-0.3, -0.25) is 4.90 Å². The smallest absolute Gasteiger partial charge is 0.0197 e. The average molecular weight is 247 g/mol. The maximum Gasteiger partial charge on any atom is 0.0197 e. The van der Waals surface area contributed by atoms with Crippen molar-refractivity contribution in [3.05, 3.63) is 0 Å². The molecule has 4 fully saturated rings. The molecule has 1 aliphatic heterocycles. The molecule has 5 unspecified atom stereocenters. The Labute approximate surface area is 112 Å². The number of nitrogens with zero attached hydrogens (tertiary/aromatic N) is 1. The summed E-state index contributed by atoms with van der Waals surface area (Å²) in [6.07, 6.45) is 8.97. The fourth-order valence-corrected chi connectivity index (χ4v) is 6.65. The highest BCUT2D eigenvalue weighted by Crippen LogP contribution is 2.80. The SMILES string of the molecule is CC1CC(C)(C)C2C(N3CCCCC3)C23CCC13. The van der Waals surface area contributed by atoms with Gasteiger partial charge in [0.2, 0.25) is 0 Å². The van der Waals surface area contributed by atoms with Gasteiger partial charge in [0.1, 0.15) is 0 Å². The first kappa shape index (κ1) is 11.8. The van der Waals surface area contributed by atoms with E-state index in [1.807, 2.05) is 0 Å². The topological polar surface area (TPSA) is 3.24 Å². The van der Waals surface area contributed by atoms with Crippen molar-refractivity contribution >= 4 is 0 Å². The van der Waals surface area contributed by atoms with Crippen LogP contribution in [0.15, 0.2) is 0 Å². The number of rotatable bonds is 1. The summed E-state index contributed by atoms with van der Waals surface area (Å²) in [5.41, 5.74) is 1.40. The van der Waals surface area contributed by atoms with E-state index in [2.05, 4.69) is 25.7 Å². The van der Waals surface area contributed by atoms with Crippen LogP contribution in [0.5, 0.6) is 0 Å². The van der Waals surface area contributed by atoms with Gasteiger partial charge in [0, 0.05) is 6.04 Å². The molecule has 1 nitrogen and oxygen atoms in total. The molecule has 5 atom stereocenters. The van der Waals surface area contributed by atoms with Crippen molar-refractivity contribution in [2.45, 2.75) is 65.3 Å². The summed E-state index contributed by atoms with van der Waals surface area (Å²) in [6, 6.07) is 0.983. The van der Waals surface area contributed by atoms with Gasteiger partial charge in [-0.05, 0) is 73.8 Å². The summed E-state index contributed by atoms with van der Waals surface area (Å²) in [7, 11) is 0. The van der Waals surface area contributed by atoms with E-state index >= 15 is 0 Å². The Morgan fingerprint density at radius 2 is 1.78 bits per heavy atom. The molecule has 4 aliphatic rings. The zero-order valence-electron chi connectivity index (χ0n) is 12.4. The summed E-state index contributed by atoms with van der Waals surface area (Å²) in [5, 5.41) is 0. The van der Waals surface area contributed by atoms with Crippen molar-refractivity contribution in [1.29, 1.82) is 0 Å². The molecule has 18 heavy (non-hydrogen) atoms. The molecule has 0 amide bonds. The first-order valence-electron chi connectivity index (χ1n) is 8.31. The molecule has 0 N–H and O–H groups in total. The van der Waals surface area contributed by atoms with Crippen LogP contribution >= 0.6 is 0 Å². The van der Waals surface area contributed by atoms with Crippen LogP contribution in [-0.2, 0) is 0 Å². The molecule has 102 valence electrons. The highest BCUT2D eigenvalue weighted by molar-refractivity contribution is 5.29. The van der Waals surface area contributed by atoms with Crippen LogP contribution in [-0.4, -0.2) is 24.0 Å². The van der Waals surface area contributed by atoms with Gasteiger partial charge in [0.05, 0.1) is 0 Å². The average Bonchev–Trinajstić information content (AvgIpc) is 3.00. The molecule has 0 aromatic heterocycles. The van der Waals surface area contributed by atoms with E-state index in [9.17, 15) is 0 Å². The molecule has 4 rings (SSSR count). The zero-order chi connectivity index (χ0) is 12.5. The maximum atomic E-state index is 2.90. The molecule has 0 aromatic rings. The lowest BCUT2D eigenvalue weighted by molar-refractivity contribution is -0.0230. The van der Waals surface area contributed by atoms with Crippen LogP contribution in [0.3, 0.4) is 0 Å². The van der Waals surface area contributed by atoms with Gasteiger partial charge in [0.15, 0.2) is 0 Å². The zero-order valence-corrected chi connectivity index (χ0v) is 12.4. The molecule has 1 saturated heterocycles. The van der Waals surface area contributed by atoms with Gasteiger partial charge in [-0.2, -0.15) is 0 Å². The summed E-state index contributed by atoms with van der Waals surface area (Å²) in [5.74, 6) is 3.11. The second kappa shape index (κ2) is 3.53. The maximum absolute atomic E-state index is 2.90. The minimum Gasteiger partial charge on any atom is -0.299 e. The van der Waals surface area contributed by atoms with Crippen LogP contribution in [0.1, 0.15) is 59.3 Å². The molecule has 3 aliphatic carbocycles. The molecule has 3 saturated carbocycles. The van der Waals surface area contributed by atoms with Crippen molar-refractivity contribution in [3.8, 4) is 0 Å². The molecular weight excluding hydrogens is 218 g/mol. The fourth-order valence-electron chi connectivity index (χ4n) is 6.65. The minimum atomic E-state index is 0.610. The Morgan fingerprint density at radius 1 is 1.06 bits per heavy atom. The summed E-state index contributed by atoms with van der Waals surface area (Å²) in [4.78, 5) is 2.90. The van der Waals surface area contributed by atoms with E-state index < -0.39 is 0 Å². The lowest BCUT2D eigenvalue weighted by Crippen LogP contribution is -2.45. The first-order chi connectivity index (χ1) is 8.57. The normalized spacial score (nSPS) is 54.2. The van der Waals surface area contributed by atoms with Gasteiger partial charge in [-0.1, -0.05) is 27.2 Å². The Morgan fingerprint density at radius 3 is 2.39 bits per heavy atom. The van der Waals surface area contributed by atoms with E-state index in [0.717, 1.165) is 29.2 Å². The van der Waals surface area contributed by atoms with E-state index in [4.69, 9.17) is 0 Å². The lowest BCUT2D eigenvalue weighted by atomic mass is 9.54. The monoisotopic (exact) mass is 247 g/mol. The van der Waals surface area contributed by atoms with Gasteiger partial charge >= 0.3 is 0 Å². The second-order valence-corrected chi connectivity index (χ2v) is 8.45. The van der Waals surface area contributed by atoms with E-state index in [1.165, 1.54) is 45.2 Å². The lowest BCUT2D eigenvalue weighted by Gasteiger charge is -2.51. The van der Waals surface area contributed by atoms with Crippen LogP contribution in [0, 0.1) is 28.6 Å². The molecule has 1 heterocycles. The number of hydrogen-bond donors (Lipinski definition) is 0. The quantitative estimate of drug-likeness (QED) is 0.678. The van der Waals surface area contributed by atoms with Crippen LogP contribution in [0.4, 0.5) is 0 Å². The van der Waals surface area contributed by atoms with E-state index in [-0.39, 0.29) is 0 Å². The van der Waals surface area contributed by atoms with Crippen LogP contribution in [0.2, 0.25) is 0 Å². The van der Waals surface area contributed by atoms with Gasteiger partial charge < -0.3 is 0 Å². The molecule has 0 aromatic carbocycles. The minimum absolute atomic E-state index is 0.610. The van der Waals surface area contributed by atoms with Crippen LogP contribution in [0.25, 0.3) is 0 Å². The van der Waals surface area contributed by atoms with Crippen LogP contribution < -0.4 is 0 Å². The van der Waals surface area contributed by atoms with E-state index in [1.54, 1.807) is 6.42 Å². The molecule has 1 heteroatoms. The fraction of sp³-hybridized carbons (Fsp3) is 1.00. The predicted octanol–water partition coefficient (Wildman–Crippen LogP) is 3.93. The number of hydrogen-bond acceptors (Lipinski definition) is 1.